The zero-order valence-electron chi connectivity index (χ0n) is 6.92. The summed E-state index contributed by atoms with van der Waals surface area (Å²) >= 11 is 9.67. The van der Waals surface area contributed by atoms with Gasteiger partial charge in [-0.3, -0.25) is 0 Å². The Labute approximate surface area is 87.9 Å². The molecule has 0 aliphatic rings. The number of anilines is 1. The smallest absolute Gasteiger partial charge is 0.131 e. The third kappa shape index (κ3) is 3.17. The van der Waals surface area contributed by atoms with Gasteiger partial charge in [0.05, 0.1) is 11.3 Å². The highest BCUT2D eigenvalue weighted by Gasteiger charge is 1.96. The zero-order chi connectivity index (χ0) is 9.68. The predicted octanol–water partition coefficient (Wildman–Crippen LogP) is 1.99. The van der Waals surface area contributed by atoms with E-state index in [4.69, 9.17) is 17.3 Å². The molecule has 2 N–H and O–H groups in total. The van der Waals surface area contributed by atoms with Crippen molar-refractivity contribution < 1.29 is 0 Å². The molecule has 1 heterocycles. The molecule has 1 rings (SSSR count). The first-order chi connectivity index (χ1) is 6.24. The van der Waals surface area contributed by atoms with Gasteiger partial charge in [-0.05, 0) is 6.07 Å². The van der Waals surface area contributed by atoms with Crippen molar-refractivity contribution in [2.24, 2.45) is 0 Å². The summed E-state index contributed by atoms with van der Waals surface area (Å²) < 4.78 is 0. The second-order valence-corrected chi connectivity index (χ2v) is 3.20. The van der Waals surface area contributed by atoms with Gasteiger partial charge in [0.25, 0.3) is 0 Å². The molecule has 2 nitrogen and oxygen atoms in total. The average Bonchev–Trinajstić information content (AvgIpc) is 2.09. The highest BCUT2D eigenvalue weighted by molar-refractivity contribution is 7.80. The van der Waals surface area contributed by atoms with Crippen LogP contribution in [0.15, 0.2) is 12.3 Å². The number of thiol groups is 1. The normalized spacial score (nSPS) is 9.08. The van der Waals surface area contributed by atoms with Crippen LogP contribution in [0.1, 0.15) is 12.0 Å². The Hall–Kier alpha value is -0.850. The molecule has 68 valence electrons. The van der Waals surface area contributed by atoms with Gasteiger partial charge in [0, 0.05) is 18.4 Å². The first kappa shape index (κ1) is 10.2. The van der Waals surface area contributed by atoms with Crippen LogP contribution in [-0.4, -0.2) is 10.7 Å². The Balaban J connectivity index is 2.85. The van der Waals surface area contributed by atoms with Crippen LogP contribution in [0.3, 0.4) is 0 Å². The van der Waals surface area contributed by atoms with Crippen molar-refractivity contribution in [3.63, 3.8) is 0 Å². The molecular weight excluding hydrogens is 204 g/mol. The van der Waals surface area contributed by atoms with Crippen LogP contribution in [0.4, 0.5) is 5.69 Å². The molecule has 0 radical (unpaired) electrons. The summed E-state index contributed by atoms with van der Waals surface area (Å²) in [6.45, 7) is 0. The molecule has 0 amide bonds. The Bertz CT molecular complexity index is 354. The second kappa shape index (κ2) is 5.00. The fourth-order valence-corrected chi connectivity index (χ4v) is 1.04. The van der Waals surface area contributed by atoms with E-state index < -0.39 is 0 Å². The highest BCUT2D eigenvalue weighted by Crippen LogP contribution is 2.13. The summed E-state index contributed by atoms with van der Waals surface area (Å²) in [6, 6.07) is 1.59. The van der Waals surface area contributed by atoms with E-state index in [1.165, 1.54) is 0 Å². The van der Waals surface area contributed by atoms with Gasteiger partial charge in [-0.2, -0.15) is 12.6 Å². The molecular formula is C9H9ClN2S. The van der Waals surface area contributed by atoms with Crippen LogP contribution in [-0.2, 0) is 0 Å². The van der Waals surface area contributed by atoms with Gasteiger partial charge >= 0.3 is 0 Å². The molecule has 1 aromatic rings. The predicted molar refractivity (Wildman–Crippen MR) is 59.0 cm³/mol. The molecule has 0 spiro atoms. The van der Waals surface area contributed by atoms with E-state index in [0.717, 1.165) is 12.2 Å². The van der Waals surface area contributed by atoms with Crippen molar-refractivity contribution in [1.29, 1.82) is 0 Å². The number of hydrogen-bond acceptors (Lipinski definition) is 3. The monoisotopic (exact) mass is 212 g/mol. The number of aromatic nitrogens is 1. The van der Waals surface area contributed by atoms with Gasteiger partial charge in [0.2, 0.25) is 0 Å². The number of rotatable bonds is 1. The number of nitrogens with zero attached hydrogens (tertiary/aromatic N) is 1. The minimum Gasteiger partial charge on any atom is -0.398 e. The maximum absolute atomic E-state index is 5.66. The van der Waals surface area contributed by atoms with Crippen LogP contribution >= 0.6 is 24.2 Å². The number of hydrogen-bond donors (Lipinski definition) is 2. The Morgan fingerprint density at radius 3 is 3.00 bits per heavy atom. The molecule has 0 fully saturated rings. The van der Waals surface area contributed by atoms with Crippen molar-refractivity contribution >= 4 is 29.9 Å². The fourth-order valence-electron chi connectivity index (χ4n) is 0.762. The summed E-state index contributed by atoms with van der Waals surface area (Å²) in [5.41, 5.74) is 6.93. The summed E-state index contributed by atoms with van der Waals surface area (Å²) in [5.74, 6) is 6.56. The fraction of sp³-hybridized carbons (Fsp3) is 0.222. The second-order valence-electron chi connectivity index (χ2n) is 2.37. The quantitative estimate of drug-likeness (QED) is 0.425. The SMILES string of the molecule is Nc1cc(Cl)ncc1C#CCCS. The zero-order valence-corrected chi connectivity index (χ0v) is 8.57. The van der Waals surface area contributed by atoms with Crippen LogP contribution in [0.25, 0.3) is 0 Å². The Morgan fingerprint density at radius 1 is 1.62 bits per heavy atom. The van der Waals surface area contributed by atoms with E-state index in [0.29, 0.717) is 16.4 Å². The van der Waals surface area contributed by atoms with Gasteiger partial charge in [-0.25, -0.2) is 4.98 Å². The van der Waals surface area contributed by atoms with Gasteiger partial charge < -0.3 is 5.73 Å². The molecule has 0 atom stereocenters. The summed E-state index contributed by atoms with van der Waals surface area (Å²) in [6.07, 6.45) is 2.31. The van der Waals surface area contributed by atoms with Crippen LogP contribution in [0.2, 0.25) is 5.15 Å². The molecule has 0 aliphatic heterocycles. The van der Waals surface area contributed by atoms with E-state index in [2.05, 4.69) is 29.5 Å². The molecule has 0 saturated heterocycles. The summed E-state index contributed by atoms with van der Waals surface area (Å²) in [4.78, 5) is 3.88. The third-order valence-corrected chi connectivity index (χ3v) is 1.79. The van der Waals surface area contributed by atoms with Gasteiger partial charge in [-0.15, -0.1) is 0 Å². The van der Waals surface area contributed by atoms with Crippen LogP contribution < -0.4 is 5.73 Å². The number of nitrogen functional groups attached to an aromatic ring is 1. The molecule has 13 heavy (non-hydrogen) atoms. The highest BCUT2D eigenvalue weighted by atomic mass is 35.5. The number of halogens is 1. The van der Waals surface area contributed by atoms with Gasteiger partial charge in [0.1, 0.15) is 5.15 Å². The lowest BCUT2D eigenvalue weighted by Crippen LogP contribution is -1.91. The van der Waals surface area contributed by atoms with Gasteiger partial charge in [0.15, 0.2) is 0 Å². The van der Waals surface area contributed by atoms with Crippen LogP contribution in [0, 0.1) is 11.8 Å². The van der Waals surface area contributed by atoms with Crippen molar-refractivity contribution in [2.75, 3.05) is 11.5 Å². The largest absolute Gasteiger partial charge is 0.398 e. The van der Waals surface area contributed by atoms with E-state index >= 15 is 0 Å². The first-order valence-corrected chi connectivity index (χ1v) is 4.76. The average molecular weight is 213 g/mol. The molecule has 4 heteroatoms. The molecule has 1 aromatic heterocycles. The lowest BCUT2D eigenvalue weighted by molar-refractivity contribution is 1.30. The van der Waals surface area contributed by atoms with E-state index in [1.54, 1.807) is 12.3 Å². The number of pyridine rings is 1. The standard InChI is InChI=1S/C9H9ClN2S/c10-9-5-8(11)7(6-12-9)3-1-2-4-13/h5-6,13H,2,4H2,(H2,11,12). The molecule has 0 saturated carbocycles. The van der Waals surface area contributed by atoms with Gasteiger partial charge in [-0.1, -0.05) is 23.4 Å². The first-order valence-electron chi connectivity index (χ1n) is 3.75. The summed E-state index contributed by atoms with van der Waals surface area (Å²) in [5, 5.41) is 0.386. The lowest BCUT2D eigenvalue weighted by atomic mass is 10.2. The van der Waals surface area contributed by atoms with Crippen molar-refractivity contribution in [3.8, 4) is 11.8 Å². The maximum Gasteiger partial charge on any atom is 0.131 e. The summed E-state index contributed by atoms with van der Waals surface area (Å²) in [7, 11) is 0. The molecule has 0 unspecified atom stereocenters. The lowest BCUT2D eigenvalue weighted by Gasteiger charge is -1.96. The van der Waals surface area contributed by atoms with E-state index in [1.807, 2.05) is 0 Å². The molecule has 0 aromatic carbocycles. The molecule has 0 aliphatic carbocycles. The third-order valence-electron chi connectivity index (χ3n) is 1.36. The van der Waals surface area contributed by atoms with Crippen molar-refractivity contribution in [3.05, 3.63) is 23.0 Å². The maximum atomic E-state index is 5.66. The Morgan fingerprint density at radius 2 is 2.38 bits per heavy atom. The Kier molecular flexibility index (Phi) is 3.94. The molecule has 0 bridgehead atoms. The van der Waals surface area contributed by atoms with Crippen molar-refractivity contribution in [2.45, 2.75) is 6.42 Å². The minimum atomic E-state index is 0.386. The van der Waals surface area contributed by atoms with E-state index in [-0.39, 0.29) is 0 Å². The topological polar surface area (TPSA) is 38.9 Å². The van der Waals surface area contributed by atoms with Crippen LogP contribution in [0.5, 0.6) is 0 Å². The minimum absolute atomic E-state index is 0.386. The van der Waals surface area contributed by atoms with Crippen molar-refractivity contribution in [1.82, 2.24) is 4.98 Å². The van der Waals surface area contributed by atoms with E-state index in [9.17, 15) is 0 Å². The number of nitrogens with two attached hydrogens (primary N) is 1.